The number of aliphatic imine (C=N–C) groups is 1. The summed E-state index contributed by atoms with van der Waals surface area (Å²) in [5.74, 6) is 0.360. The van der Waals surface area contributed by atoms with Gasteiger partial charge in [0.15, 0.2) is 17.2 Å². The molecule has 0 bridgehead atoms. The number of benzene rings is 3. The number of carbonyl (C=O) groups is 2. The van der Waals surface area contributed by atoms with E-state index in [9.17, 15) is 9.59 Å². The Bertz CT molecular complexity index is 1310. The summed E-state index contributed by atoms with van der Waals surface area (Å²) in [5, 5.41) is 0. The minimum absolute atomic E-state index is 0.168. The lowest BCUT2D eigenvalue weighted by atomic mass is 10.1. The summed E-state index contributed by atoms with van der Waals surface area (Å²) >= 11 is 0. The Kier molecular flexibility index (Phi) is 6.73. The van der Waals surface area contributed by atoms with Crippen LogP contribution in [-0.4, -0.2) is 31.6 Å². The molecule has 34 heavy (non-hydrogen) atoms. The summed E-state index contributed by atoms with van der Waals surface area (Å²) < 4.78 is 21.8. The SMILES string of the molecule is CCOc1cc(C=C2N=C(c3ccccc3C)OC2=O)ccc1OC(=O)c1cccc(OC)c1. The number of aryl methyl sites for hydroxylation is 1. The third-order valence-electron chi connectivity index (χ3n) is 5.08. The third-order valence-corrected chi connectivity index (χ3v) is 5.08. The number of nitrogens with zero attached hydrogens (tertiary/aromatic N) is 1. The molecular formula is C27H23NO6. The molecule has 1 aliphatic heterocycles. The first-order chi connectivity index (χ1) is 16.5. The second kappa shape index (κ2) is 10.0. The molecule has 7 nitrogen and oxygen atoms in total. The van der Waals surface area contributed by atoms with Crippen molar-refractivity contribution in [2.45, 2.75) is 13.8 Å². The maximum atomic E-state index is 12.6. The van der Waals surface area contributed by atoms with E-state index in [0.717, 1.165) is 11.1 Å². The zero-order valence-electron chi connectivity index (χ0n) is 19.0. The number of methoxy groups -OCH3 is 1. The van der Waals surface area contributed by atoms with E-state index in [-0.39, 0.29) is 17.3 Å². The molecule has 0 saturated carbocycles. The molecule has 0 radical (unpaired) electrons. The molecule has 0 atom stereocenters. The maximum Gasteiger partial charge on any atom is 0.363 e. The molecule has 3 aromatic carbocycles. The van der Waals surface area contributed by atoms with Gasteiger partial charge in [0.25, 0.3) is 0 Å². The Labute approximate surface area is 197 Å². The summed E-state index contributed by atoms with van der Waals surface area (Å²) in [6.07, 6.45) is 1.60. The average molecular weight is 457 g/mol. The van der Waals surface area contributed by atoms with Gasteiger partial charge in [-0.05, 0) is 67.4 Å². The monoisotopic (exact) mass is 457 g/mol. The van der Waals surface area contributed by atoms with Gasteiger partial charge in [0.2, 0.25) is 5.90 Å². The molecular weight excluding hydrogens is 434 g/mol. The lowest BCUT2D eigenvalue weighted by molar-refractivity contribution is -0.129. The predicted octanol–water partition coefficient (Wildman–Crippen LogP) is 4.97. The molecule has 0 aliphatic carbocycles. The Morgan fingerprint density at radius 2 is 1.85 bits per heavy atom. The van der Waals surface area contributed by atoms with Gasteiger partial charge in [-0.2, -0.15) is 0 Å². The van der Waals surface area contributed by atoms with Crippen molar-refractivity contribution >= 4 is 23.9 Å². The van der Waals surface area contributed by atoms with E-state index < -0.39 is 11.9 Å². The summed E-state index contributed by atoms with van der Waals surface area (Å²) in [6.45, 7) is 4.11. The van der Waals surface area contributed by atoms with E-state index in [1.165, 1.54) is 7.11 Å². The van der Waals surface area contributed by atoms with E-state index in [2.05, 4.69) is 4.99 Å². The number of cyclic esters (lactones) is 1. The molecule has 3 aromatic rings. The first-order valence-electron chi connectivity index (χ1n) is 10.7. The van der Waals surface area contributed by atoms with Crippen LogP contribution in [0, 0.1) is 6.92 Å². The van der Waals surface area contributed by atoms with Crippen LogP contribution in [0.25, 0.3) is 6.08 Å². The normalized spacial score (nSPS) is 13.9. The first kappa shape index (κ1) is 22.8. The molecule has 0 aromatic heterocycles. The number of ether oxygens (including phenoxy) is 4. The summed E-state index contributed by atoms with van der Waals surface area (Å²) in [7, 11) is 1.53. The van der Waals surface area contributed by atoms with Gasteiger partial charge in [0.1, 0.15) is 5.75 Å². The van der Waals surface area contributed by atoms with E-state index in [1.54, 1.807) is 48.5 Å². The van der Waals surface area contributed by atoms with Gasteiger partial charge in [-0.3, -0.25) is 0 Å². The fourth-order valence-corrected chi connectivity index (χ4v) is 3.37. The molecule has 0 N–H and O–H groups in total. The summed E-state index contributed by atoms with van der Waals surface area (Å²) in [6, 6.07) is 19.2. The van der Waals surface area contributed by atoms with Crippen LogP contribution in [-0.2, 0) is 9.53 Å². The van der Waals surface area contributed by atoms with Crippen molar-refractivity contribution in [3.63, 3.8) is 0 Å². The smallest absolute Gasteiger partial charge is 0.363 e. The molecule has 0 spiro atoms. The number of rotatable bonds is 7. The molecule has 1 aliphatic rings. The minimum atomic E-state index is -0.544. The van der Waals surface area contributed by atoms with Gasteiger partial charge in [0.05, 0.1) is 19.3 Å². The van der Waals surface area contributed by atoms with Crippen molar-refractivity contribution in [1.82, 2.24) is 0 Å². The zero-order valence-corrected chi connectivity index (χ0v) is 19.0. The number of esters is 2. The second-order valence-corrected chi connectivity index (χ2v) is 7.41. The molecule has 0 amide bonds. The Morgan fingerprint density at radius 1 is 1.03 bits per heavy atom. The largest absolute Gasteiger partial charge is 0.497 e. The predicted molar refractivity (Wildman–Crippen MR) is 127 cm³/mol. The molecule has 1 heterocycles. The molecule has 0 fully saturated rings. The molecule has 7 heteroatoms. The first-order valence-corrected chi connectivity index (χ1v) is 10.7. The highest BCUT2D eigenvalue weighted by Crippen LogP contribution is 2.31. The second-order valence-electron chi connectivity index (χ2n) is 7.41. The van der Waals surface area contributed by atoms with E-state index in [1.807, 2.05) is 38.1 Å². The lowest BCUT2D eigenvalue weighted by Crippen LogP contribution is -2.10. The highest BCUT2D eigenvalue weighted by atomic mass is 16.6. The van der Waals surface area contributed by atoms with Crippen LogP contribution in [0.3, 0.4) is 0 Å². The number of hydrogen-bond donors (Lipinski definition) is 0. The van der Waals surface area contributed by atoms with Crippen molar-refractivity contribution < 1.29 is 28.5 Å². The van der Waals surface area contributed by atoms with E-state index >= 15 is 0 Å². The molecule has 0 saturated heterocycles. The standard InChI is InChI=1S/C27H23NO6/c1-4-32-24-15-18(12-13-23(24)33-26(29)19-9-7-10-20(16-19)31-3)14-22-27(30)34-25(28-22)21-11-6-5-8-17(21)2/h5-16H,4H2,1-3H3. The Morgan fingerprint density at radius 3 is 2.62 bits per heavy atom. The highest BCUT2D eigenvalue weighted by molar-refractivity contribution is 6.13. The van der Waals surface area contributed by atoms with Gasteiger partial charge >= 0.3 is 11.9 Å². The maximum absolute atomic E-state index is 12.6. The Hall–Kier alpha value is -4.39. The fraction of sp³-hybridized carbons (Fsp3) is 0.148. The van der Waals surface area contributed by atoms with Gasteiger partial charge in [-0.1, -0.05) is 30.3 Å². The highest BCUT2D eigenvalue weighted by Gasteiger charge is 2.25. The van der Waals surface area contributed by atoms with E-state index in [4.69, 9.17) is 18.9 Å². The zero-order chi connectivity index (χ0) is 24.1. The van der Waals surface area contributed by atoms with Crippen molar-refractivity contribution in [1.29, 1.82) is 0 Å². The van der Waals surface area contributed by atoms with Crippen molar-refractivity contribution in [3.05, 3.63) is 94.7 Å². The van der Waals surface area contributed by atoms with Gasteiger partial charge in [0, 0.05) is 5.56 Å². The van der Waals surface area contributed by atoms with Gasteiger partial charge in [-0.15, -0.1) is 0 Å². The van der Waals surface area contributed by atoms with Gasteiger partial charge in [-0.25, -0.2) is 14.6 Å². The molecule has 4 rings (SSSR count). The average Bonchev–Trinajstić information content (AvgIpc) is 3.20. The summed E-state index contributed by atoms with van der Waals surface area (Å²) in [4.78, 5) is 29.4. The van der Waals surface area contributed by atoms with Gasteiger partial charge < -0.3 is 18.9 Å². The van der Waals surface area contributed by atoms with Crippen molar-refractivity contribution in [2.75, 3.05) is 13.7 Å². The van der Waals surface area contributed by atoms with Crippen LogP contribution in [0.1, 0.15) is 34.0 Å². The lowest BCUT2D eigenvalue weighted by Gasteiger charge is -2.12. The number of hydrogen-bond acceptors (Lipinski definition) is 7. The van der Waals surface area contributed by atoms with Crippen molar-refractivity contribution in [2.24, 2.45) is 4.99 Å². The van der Waals surface area contributed by atoms with Crippen molar-refractivity contribution in [3.8, 4) is 17.2 Å². The quantitative estimate of drug-likeness (QED) is 0.283. The van der Waals surface area contributed by atoms with Crippen LogP contribution in [0.15, 0.2) is 77.4 Å². The summed E-state index contributed by atoms with van der Waals surface area (Å²) in [5.41, 5.74) is 2.87. The Balaban J connectivity index is 1.60. The minimum Gasteiger partial charge on any atom is -0.497 e. The fourth-order valence-electron chi connectivity index (χ4n) is 3.37. The molecule has 0 unspecified atom stereocenters. The molecule has 172 valence electrons. The van der Waals surface area contributed by atoms with Crippen LogP contribution in [0.5, 0.6) is 17.2 Å². The third kappa shape index (κ3) is 4.99. The van der Waals surface area contributed by atoms with Crippen LogP contribution < -0.4 is 14.2 Å². The van der Waals surface area contributed by atoms with Crippen LogP contribution in [0.2, 0.25) is 0 Å². The van der Waals surface area contributed by atoms with Crippen LogP contribution in [0.4, 0.5) is 0 Å². The van der Waals surface area contributed by atoms with E-state index in [0.29, 0.717) is 29.2 Å². The number of carbonyl (C=O) groups excluding carboxylic acids is 2. The van der Waals surface area contributed by atoms with Crippen LogP contribution >= 0.6 is 0 Å². The topological polar surface area (TPSA) is 83.4 Å².